The Morgan fingerprint density at radius 3 is 2.44 bits per heavy atom. The maximum atomic E-state index is 12.0. The number of carbonyl (C=O) groups is 1. The number of nitrogens with zero attached hydrogens (tertiary/aromatic N) is 1. The second kappa shape index (κ2) is 6.49. The van der Waals surface area contributed by atoms with Crippen molar-refractivity contribution in [2.75, 3.05) is 13.2 Å². The fraction of sp³-hybridized carbons (Fsp3) is 0.833. The van der Waals surface area contributed by atoms with E-state index in [0.29, 0.717) is 25.8 Å². The average Bonchev–Trinajstić information content (AvgIpc) is 2.55. The monoisotopic (exact) mass is 224 g/mol. The number of hydrogen-bond acceptors (Lipinski definition) is 3. The number of rotatable bonds is 4. The Labute approximate surface area is 96.6 Å². The first-order valence-electron chi connectivity index (χ1n) is 6.05. The molecule has 16 heavy (non-hydrogen) atoms. The number of hydrogen-bond donors (Lipinski definition) is 2. The Balaban J connectivity index is 2.56. The molecule has 0 aliphatic heterocycles. The maximum absolute atomic E-state index is 12.0. The van der Waals surface area contributed by atoms with Crippen molar-refractivity contribution >= 4 is 5.91 Å². The smallest absolute Gasteiger partial charge is 0.240 e. The Bertz CT molecular complexity index is 263. The number of aliphatic hydroxyl groups excluding tert-OH is 1. The predicted octanol–water partition coefficient (Wildman–Crippen LogP) is 1.35. The van der Waals surface area contributed by atoms with Crippen LogP contribution >= 0.6 is 0 Å². The number of nitriles is 1. The highest BCUT2D eigenvalue weighted by molar-refractivity contribution is 5.85. The van der Waals surface area contributed by atoms with Gasteiger partial charge in [-0.25, -0.2) is 0 Å². The fourth-order valence-corrected chi connectivity index (χ4v) is 2.17. The molecule has 0 aromatic rings. The molecule has 1 amide bonds. The summed E-state index contributed by atoms with van der Waals surface area (Å²) in [5, 5.41) is 20.6. The highest BCUT2D eigenvalue weighted by Crippen LogP contribution is 2.34. The molecule has 0 saturated heterocycles. The van der Waals surface area contributed by atoms with E-state index in [2.05, 4.69) is 11.4 Å². The second-order valence-corrected chi connectivity index (χ2v) is 4.44. The molecular formula is C12H20N2O2. The molecule has 0 heterocycles. The van der Waals surface area contributed by atoms with Gasteiger partial charge >= 0.3 is 0 Å². The van der Waals surface area contributed by atoms with Crippen LogP contribution in [-0.4, -0.2) is 24.2 Å². The van der Waals surface area contributed by atoms with Gasteiger partial charge in [-0.1, -0.05) is 25.7 Å². The van der Waals surface area contributed by atoms with Gasteiger partial charge in [0.05, 0.1) is 6.07 Å². The van der Waals surface area contributed by atoms with Gasteiger partial charge in [-0.05, 0) is 19.3 Å². The third-order valence-electron chi connectivity index (χ3n) is 3.23. The zero-order chi connectivity index (χ0) is 11.9. The largest absolute Gasteiger partial charge is 0.396 e. The molecule has 0 radical (unpaired) electrons. The van der Waals surface area contributed by atoms with Crippen LogP contribution in [-0.2, 0) is 4.79 Å². The van der Waals surface area contributed by atoms with Crippen LogP contribution in [0, 0.1) is 16.7 Å². The number of aliphatic hydroxyl groups is 1. The topological polar surface area (TPSA) is 73.1 Å². The molecule has 0 atom stereocenters. The Hall–Kier alpha value is -1.08. The van der Waals surface area contributed by atoms with Crippen molar-refractivity contribution in [2.24, 2.45) is 5.41 Å². The number of nitrogens with one attached hydrogen (secondary N) is 1. The van der Waals surface area contributed by atoms with Crippen molar-refractivity contribution in [1.29, 1.82) is 5.26 Å². The standard InChI is InChI=1S/C12H20N2O2/c13-10-12(6-3-1-2-4-7-12)11(16)14-8-5-9-15/h15H,1-9H2,(H,14,16). The summed E-state index contributed by atoms with van der Waals surface area (Å²) in [4.78, 5) is 12.0. The van der Waals surface area contributed by atoms with E-state index in [1.165, 1.54) is 0 Å². The van der Waals surface area contributed by atoms with Gasteiger partial charge in [-0.15, -0.1) is 0 Å². The van der Waals surface area contributed by atoms with Crippen LogP contribution in [0.2, 0.25) is 0 Å². The second-order valence-electron chi connectivity index (χ2n) is 4.44. The van der Waals surface area contributed by atoms with Gasteiger partial charge in [-0.3, -0.25) is 4.79 Å². The molecule has 0 aromatic carbocycles. The zero-order valence-electron chi connectivity index (χ0n) is 9.67. The van der Waals surface area contributed by atoms with Gasteiger partial charge in [0.15, 0.2) is 0 Å². The first-order valence-corrected chi connectivity index (χ1v) is 6.05. The Morgan fingerprint density at radius 2 is 1.94 bits per heavy atom. The van der Waals surface area contributed by atoms with Gasteiger partial charge < -0.3 is 10.4 Å². The molecule has 4 nitrogen and oxygen atoms in total. The summed E-state index contributed by atoms with van der Waals surface area (Å²) in [5.74, 6) is -0.148. The van der Waals surface area contributed by atoms with E-state index in [4.69, 9.17) is 5.11 Å². The third kappa shape index (κ3) is 3.21. The van der Waals surface area contributed by atoms with Crippen molar-refractivity contribution in [1.82, 2.24) is 5.32 Å². The van der Waals surface area contributed by atoms with E-state index < -0.39 is 5.41 Å². The van der Waals surface area contributed by atoms with Crippen LogP contribution < -0.4 is 5.32 Å². The number of amides is 1. The lowest BCUT2D eigenvalue weighted by Gasteiger charge is -2.23. The van der Waals surface area contributed by atoms with Crippen molar-refractivity contribution < 1.29 is 9.90 Å². The van der Waals surface area contributed by atoms with Crippen LogP contribution in [0.25, 0.3) is 0 Å². The highest BCUT2D eigenvalue weighted by Gasteiger charge is 2.38. The molecule has 0 aromatic heterocycles. The Kier molecular flexibility index (Phi) is 5.27. The van der Waals surface area contributed by atoms with Crippen molar-refractivity contribution in [2.45, 2.75) is 44.9 Å². The van der Waals surface area contributed by atoms with Crippen LogP contribution in [0.4, 0.5) is 0 Å². The van der Waals surface area contributed by atoms with Crippen LogP contribution in [0.5, 0.6) is 0 Å². The SMILES string of the molecule is N#CC1(C(=O)NCCCO)CCCCCC1. The van der Waals surface area contributed by atoms with Crippen molar-refractivity contribution in [3.63, 3.8) is 0 Å². The van der Waals surface area contributed by atoms with Crippen molar-refractivity contribution in [3.05, 3.63) is 0 Å². The minimum Gasteiger partial charge on any atom is -0.396 e. The molecule has 2 N–H and O–H groups in total. The lowest BCUT2D eigenvalue weighted by molar-refractivity contribution is -0.128. The molecule has 1 aliphatic carbocycles. The molecular weight excluding hydrogens is 204 g/mol. The lowest BCUT2D eigenvalue weighted by Crippen LogP contribution is -2.40. The third-order valence-corrected chi connectivity index (χ3v) is 3.23. The van der Waals surface area contributed by atoms with Gasteiger partial charge in [0, 0.05) is 13.2 Å². The van der Waals surface area contributed by atoms with Crippen LogP contribution in [0.3, 0.4) is 0 Å². The first-order chi connectivity index (χ1) is 7.75. The summed E-state index contributed by atoms with van der Waals surface area (Å²) >= 11 is 0. The molecule has 0 spiro atoms. The minimum atomic E-state index is -0.814. The maximum Gasteiger partial charge on any atom is 0.240 e. The highest BCUT2D eigenvalue weighted by atomic mass is 16.3. The normalized spacial score (nSPS) is 19.5. The number of carbonyl (C=O) groups excluding carboxylic acids is 1. The van der Waals surface area contributed by atoms with E-state index in [1.807, 2.05) is 0 Å². The van der Waals surface area contributed by atoms with E-state index in [1.54, 1.807) is 0 Å². The molecule has 4 heteroatoms. The predicted molar refractivity (Wildman–Crippen MR) is 60.5 cm³/mol. The van der Waals surface area contributed by atoms with Gasteiger partial charge in [0.25, 0.3) is 0 Å². The molecule has 90 valence electrons. The Morgan fingerprint density at radius 1 is 1.31 bits per heavy atom. The summed E-state index contributed by atoms with van der Waals surface area (Å²) < 4.78 is 0. The molecule has 1 aliphatic rings. The summed E-state index contributed by atoms with van der Waals surface area (Å²) in [7, 11) is 0. The van der Waals surface area contributed by atoms with Gasteiger partial charge in [0.2, 0.25) is 5.91 Å². The van der Waals surface area contributed by atoms with E-state index >= 15 is 0 Å². The molecule has 1 fully saturated rings. The summed E-state index contributed by atoms with van der Waals surface area (Å²) in [6.45, 7) is 0.526. The zero-order valence-corrected chi connectivity index (χ0v) is 9.67. The van der Waals surface area contributed by atoms with Crippen LogP contribution in [0.1, 0.15) is 44.9 Å². The summed E-state index contributed by atoms with van der Waals surface area (Å²) in [6.07, 6.45) is 6.05. The lowest BCUT2D eigenvalue weighted by atomic mass is 9.81. The fourth-order valence-electron chi connectivity index (χ4n) is 2.17. The quantitative estimate of drug-likeness (QED) is 0.559. The van der Waals surface area contributed by atoms with Crippen LogP contribution in [0.15, 0.2) is 0 Å². The average molecular weight is 224 g/mol. The first kappa shape index (κ1) is 13.0. The van der Waals surface area contributed by atoms with E-state index in [0.717, 1.165) is 25.7 Å². The van der Waals surface area contributed by atoms with E-state index in [9.17, 15) is 10.1 Å². The van der Waals surface area contributed by atoms with E-state index in [-0.39, 0.29) is 12.5 Å². The summed E-state index contributed by atoms with van der Waals surface area (Å²) in [5.41, 5.74) is -0.814. The van der Waals surface area contributed by atoms with Gasteiger partial charge in [-0.2, -0.15) is 5.26 Å². The van der Waals surface area contributed by atoms with Gasteiger partial charge in [0.1, 0.15) is 5.41 Å². The summed E-state index contributed by atoms with van der Waals surface area (Å²) in [6, 6.07) is 2.21. The molecule has 1 rings (SSSR count). The molecule has 0 unspecified atom stereocenters. The molecule has 1 saturated carbocycles. The van der Waals surface area contributed by atoms with Crippen molar-refractivity contribution in [3.8, 4) is 6.07 Å². The minimum absolute atomic E-state index is 0.0693. The molecule has 0 bridgehead atoms.